The Hall–Kier alpha value is -2.87. The predicted octanol–water partition coefficient (Wildman–Crippen LogP) is 1.75. The van der Waals surface area contributed by atoms with Gasteiger partial charge in [0.25, 0.3) is 0 Å². The summed E-state index contributed by atoms with van der Waals surface area (Å²) in [7, 11) is 1.67. The number of aromatic nitrogens is 4. The van der Waals surface area contributed by atoms with Crippen LogP contribution in [0.25, 0.3) is 16.8 Å². The number of methoxy groups -OCH3 is 1. The van der Waals surface area contributed by atoms with E-state index >= 15 is 0 Å². The van der Waals surface area contributed by atoms with Gasteiger partial charge in [-0.1, -0.05) is 0 Å². The number of hydrogen-bond acceptors (Lipinski definition) is 7. The fourth-order valence-corrected chi connectivity index (χ4v) is 3.36. The van der Waals surface area contributed by atoms with Crippen molar-refractivity contribution in [2.75, 3.05) is 38.2 Å². The Balaban J connectivity index is 1.61. The van der Waals surface area contributed by atoms with Crippen LogP contribution in [0.1, 0.15) is 12.8 Å². The summed E-state index contributed by atoms with van der Waals surface area (Å²) >= 11 is 0. The molecule has 5 rings (SSSR count). The minimum Gasteiger partial charge on any atom is -0.491 e. The lowest BCUT2D eigenvalue weighted by molar-refractivity contribution is 0.292. The molecule has 8 nitrogen and oxygen atoms in total. The number of pyridine rings is 1. The van der Waals surface area contributed by atoms with Crippen LogP contribution in [0.3, 0.4) is 0 Å². The summed E-state index contributed by atoms with van der Waals surface area (Å²) in [6, 6.07) is 3.93. The van der Waals surface area contributed by atoms with Crippen molar-refractivity contribution in [1.29, 1.82) is 0 Å². The first-order valence-electron chi connectivity index (χ1n) is 9.33. The van der Waals surface area contributed by atoms with E-state index in [1.165, 1.54) is 0 Å². The zero-order valence-electron chi connectivity index (χ0n) is 15.3. The molecule has 2 fully saturated rings. The van der Waals surface area contributed by atoms with E-state index in [9.17, 15) is 0 Å². The number of fused-ring (bicyclic) bond motifs is 1. The van der Waals surface area contributed by atoms with Crippen LogP contribution in [0.15, 0.2) is 30.7 Å². The maximum absolute atomic E-state index is 6.00. The van der Waals surface area contributed by atoms with Crippen molar-refractivity contribution in [1.82, 2.24) is 24.9 Å². The van der Waals surface area contributed by atoms with Crippen molar-refractivity contribution in [2.45, 2.75) is 18.9 Å². The van der Waals surface area contributed by atoms with E-state index in [2.05, 4.69) is 20.3 Å². The van der Waals surface area contributed by atoms with Crippen LogP contribution in [0.5, 0.6) is 11.6 Å². The van der Waals surface area contributed by atoms with Crippen molar-refractivity contribution in [3.05, 3.63) is 30.7 Å². The van der Waals surface area contributed by atoms with Crippen LogP contribution < -0.4 is 19.7 Å². The third-order valence-electron chi connectivity index (χ3n) is 4.94. The number of nitrogens with zero attached hydrogens (tertiary/aromatic N) is 5. The maximum atomic E-state index is 6.00. The smallest absolute Gasteiger partial charge is 0.221 e. The Kier molecular flexibility index (Phi) is 4.05. The van der Waals surface area contributed by atoms with Gasteiger partial charge in [0, 0.05) is 37.9 Å². The fourth-order valence-electron chi connectivity index (χ4n) is 3.36. The van der Waals surface area contributed by atoms with Gasteiger partial charge in [-0.05, 0) is 25.0 Å². The summed E-state index contributed by atoms with van der Waals surface area (Å²) in [6.07, 6.45) is 7.93. The number of anilines is 1. The van der Waals surface area contributed by atoms with Gasteiger partial charge in [0.15, 0.2) is 17.2 Å². The Morgan fingerprint density at radius 1 is 1.19 bits per heavy atom. The maximum Gasteiger partial charge on any atom is 0.221 e. The highest BCUT2D eigenvalue weighted by molar-refractivity contribution is 5.81. The second kappa shape index (κ2) is 6.70. The summed E-state index contributed by atoms with van der Waals surface area (Å²) in [5.41, 5.74) is 2.61. The third-order valence-corrected chi connectivity index (χ3v) is 4.94. The van der Waals surface area contributed by atoms with Crippen molar-refractivity contribution in [3.63, 3.8) is 0 Å². The third kappa shape index (κ3) is 3.06. The van der Waals surface area contributed by atoms with Gasteiger partial charge in [0.1, 0.15) is 6.10 Å². The first-order chi connectivity index (χ1) is 13.3. The lowest BCUT2D eigenvalue weighted by Crippen LogP contribution is -2.44. The quantitative estimate of drug-likeness (QED) is 0.737. The number of ether oxygens (including phenoxy) is 2. The molecule has 3 aromatic heterocycles. The summed E-state index contributed by atoms with van der Waals surface area (Å²) in [5, 5.41) is 7.86. The van der Waals surface area contributed by atoms with Crippen LogP contribution in [-0.2, 0) is 0 Å². The molecule has 0 bridgehead atoms. The molecule has 1 saturated heterocycles. The van der Waals surface area contributed by atoms with Crippen LogP contribution in [-0.4, -0.2) is 59.0 Å². The molecule has 0 atom stereocenters. The van der Waals surface area contributed by atoms with E-state index in [0.29, 0.717) is 5.88 Å². The van der Waals surface area contributed by atoms with Gasteiger partial charge in [-0.3, -0.25) is 0 Å². The van der Waals surface area contributed by atoms with E-state index in [-0.39, 0.29) is 6.10 Å². The van der Waals surface area contributed by atoms with Gasteiger partial charge >= 0.3 is 0 Å². The molecule has 0 aromatic carbocycles. The molecule has 3 aromatic rings. The Labute approximate surface area is 157 Å². The minimum absolute atomic E-state index is 0.282. The molecular formula is C19H22N6O2. The molecule has 0 amide bonds. The van der Waals surface area contributed by atoms with E-state index < -0.39 is 0 Å². The molecule has 27 heavy (non-hydrogen) atoms. The Morgan fingerprint density at radius 3 is 2.81 bits per heavy atom. The summed E-state index contributed by atoms with van der Waals surface area (Å²) in [4.78, 5) is 11.6. The van der Waals surface area contributed by atoms with E-state index in [1.54, 1.807) is 17.8 Å². The summed E-state index contributed by atoms with van der Waals surface area (Å²) < 4.78 is 13.3. The highest BCUT2D eigenvalue weighted by atomic mass is 16.5. The molecular weight excluding hydrogens is 344 g/mol. The van der Waals surface area contributed by atoms with Gasteiger partial charge in [0.2, 0.25) is 5.88 Å². The Morgan fingerprint density at radius 2 is 2.04 bits per heavy atom. The average molecular weight is 366 g/mol. The molecule has 0 radical (unpaired) electrons. The van der Waals surface area contributed by atoms with Gasteiger partial charge in [-0.2, -0.15) is 5.10 Å². The molecule has 8 heteroatoms. The normalized spacial score (nSPS) is 17.3. The van der Waals surface area contributed by atoms with Gasteiger partial charge in [-0.25, -0.2) is 14.5 Å². The molecule has 1 saturated carbocycles. The average Bonchev–Trinajstić information content (AvgIpc) is 3.45. The molecule has 4 heterocycles. The minimum atomic E-state index is 0.282. The van der Waals surface area contributed by atoms with Crippen LogP contribution in [0.4, 0.5) is 5.82 Å². The zero-order chi connectivity index (χ0) is 18.2. The number of hydrogen-bond donors (Lipinski definition) is 1. The summed E-state index contributed by atoms with van der Waals surface area (Å²) in [5.74, 6) is 2.22. The number of piperazine rings is 1. The van der Waals surface area contributed by atoms with Crippen molar-refractivity contribution in [3.8, 4) is 22.8 Å². The molecule has 0 spiro atoms. The predicted molar refractivity (Wildman–Crippen MR) is 102 cm³/mol. The van der Waals surface area contributed by atoms with Gasteiger partial charge < -0.3 is 19.7 Å². The van der Waals surface area contributed by atoms with E-state index in [0.717, 1.165) is 67.4 Å². The highest BCUT2D eigenvalue weighted by Gasteiger charge is 2.26. The largest absolute Gasteiger partial charge is 0.491 e. The summed E-state index contributed by atoms with van der Waals surface area (Å²) in [6.45, 7) is 3.66. The zero-order valence-corrected chi connectivity index (χ0v) is 15.3. The monoisotopic (exact) mass is 366 g/mol. The molecule has 1 aliphatic heterocycles. The topological polar surface area (TPSA) is 76.8 Å². The standard InChI is InChI=1S/C19H22N6O2/c1-26-16-12-25-17(23-18(16)24-9-7-20-8-10-24)15(11-22-25)14-3-2-6-21-19(14)27-13-4-5-13/h2-3,6,11-13,20H,4-5,7-10H2,1H3. The van der Waals surface area contributed by atoms with Gasteiger partial charge in [-0.15, -0.1) is 0 Å². The van der Waals surface area contributed by atoms with Crippen molar-refractivity contribution < 1.29 is 9.47 Å². The fraction of sp³-hybridized carbons (Fsp3) is 0.421. The van der Waals surface area contributed by atoms with Crippen LogP contribution in [0.2, 0.25) is 0 Å². The van der Waals surface area contributed by atoms with E-state index in [1.807, 2.05) is 24.5 Å². The molecule has 2 aliphatic rings. The van der Waals surface area contributed by atoms with Gasteiger partial charge in [0.05, 0.1) is 25.1 Å². The van der Waals surface area contributed by atoms with Crippen molar-refractivity contribution in [2.24, 2.45) is 0 Å². The van der Waals surface area contributed by atoms with Crippen molar-refractivity contribution >= 4 is 11.5 Å². The van der Waals surface area contributed by atoms with E-state index in [4.69, 9.17) is 14.5 Å². The lowest BCUT2D eigenvalue weighted by atomic mass is 10.1. The first-order valence-corrected chi connectivity index (χ1v) is 9.33. The molecule has 140 valence electrons. The second-order valence-electron chi connectivity index (χ2n) is 6.87. The second-order valence-corrected chi connectivity index (χ2v) is 6.87. The lowest BCUT2D eigenvalue weighted by Gasteiger charge is -2.29. The highest BCUT2D eigenvalue weighted by Crippen LogP contribution is 2.36. The molecule has 1 N–H and O–H groups in total. The molecule has 0 unspecified atom stereocenters. The first kappa shape index (κ1) is 16.3. The Bertz CT molecular complexity index is 962. The number of nitrogens with one attached hydrogen (secondary N) is 1. The molecule has 1 aliphatic carbocycles. The van der Waals surface area contributed by atoms with Crippen LogP contribution in [0, 0.1) is 0 Å². The van der Waals surface area contributed by atoms with Crippen LogP contribution >= 0.6 is 0 Å². The SMILES string of the molecule is COc1cn2ncc(-c3cccnc3OC3CC3)c2nc1N1CCNCC1. The number of rotatable bonds is 5.